The number of rotatable bonds is 0. The van der Waals surface area contributed by atoms with Gasteiger partial charge in [-0.3, -0.25) is 0 Å². The third kappa shape index (κ3) is 1.60. The Bertz CT molecular complexity index is 254. The molecule has 0 unspecified atom stereocenters. The summed E-state index contributed by atoms with van der Waals surface area (Å²) in [5.41, 5.74) is 0. The molecule has 0 aliphatic rings. The zero-order valence-corrected chi connectivity index (χ0v) is 7.49. The van der Waals surface area contributed by atoms with Gasteiger partial charge in [-0.2, -0.15) is 0 Å². The summed E-state index contributed by atoms with van der Waals surface area (Å²) in [6, 6.07) is 1.80. The van der Waals surface area contributed by atoms with E-state index in [2.05, 4.69) is 42.6 Å². The van der Waals surface area contributed by atoms with E-state index in [-0.39, 0.29) is 0 Å². The van der Waals surface area contributed by atoms with Crippen molar-refractivity contribution in [2.45, 2.75) is 0 Å². The van der Waals surface area contributed by atoms with E-state index in [0.29, 0.717) is 5.76 Å². The minimum absolute atomic E-state index is 0.645. The van der Waals surface area contributed by atoms with Crippen LogP contribution in [0.3, 0.4) is 0 Å². The van der Waals surface area contributed by atoms with E-state index in [1.165, 1.54) is 0 Å². The number of furan rings is 1. The molecule has 0 N–H and O–H groups in total. The van der Waals surface area contributed by atoms with Gasteiger partial charge in [-0.15, -0.1) is 0 Å². The van der Waals surface area contributed by atoms with Crippen LogP contribution < -0.4 is 0 Å². The third-order valence-corrected chi connectivity index (χ3v) is 1.60. The average molecular weight is 250 g/mol. The van der Waals surface area contributed by atoms with E-state index < -0.39 is 0 Å². The molecule has 0 aromatic carbocycles. The van der Waals surface area contributed by atoms with Gasteiger partial charge in [0, 0.05) is 15.9 Å². The maximum Gasteiger partial charge on any atom is 0.191 e. The molecule has 3 heteroatoms. The number of hydrogen-bond acceptors (Lipinski definition) is 1. The SMILES string of the molecule is BrC#Cc1occc1Br. The van der Waals surface area contributed by atoms with Crippen molar-refractivity contribution < 1.29 is 4.42 Å². The maximum atomic E-state index is 4.95. The average Bonchev–Trinajstić information content (AvgIpc) is 2.18. The zero-order valence-electron chi connectivity index (χ0n) is 4.32. The van der Waals surface area contributed by atoms with E-state index in [0.717, 1.165) is 4.47 Å². The van der Waals surface area contributed by atoms with Crippen molar-refractivity contribution in [3.63, 3.8) is 0 Å². The Balaban J connectivity index is 3.03. The van der Waals surface area contributed by atoms with Crippen LogP contribution in [0.15, 0.2) is 21.2 Å². The van der Waals surface area contributed by atoms with E-state index in [1.54, 1.807) is 12.3 Å². The van der Waals surface area contributed by atoms with Crippen LogP contribution in [0.5, 0.6) is 0 Å². The van der Waals surface area contributed by atoms with Gasteiger partial charge in [-0.05, 0) is 32.7 Å². The minimum Gasteiger partial charge on any atom is -0.455 e. The molecule has 0 saturated heterocycles. The van der Waals surface area contributed by atoms with Crippen LogP contribution in [0.4, 0.5) is 0 Å². The van der Waals surface area contributed by atoms with Gasteiger partial charge in [0.15, 0.2) is 5.76 Å². The first-order valence-corrected chi connectivity index (χ1v) is 3.78. The molecule has 9 heavy (non-hydrogen) atoms. The Morgan fingerprint density at radius 2 is 2.33 bits per heavy atom. The van der Waals surface area contributed by atoms with Crippen LogP contribution in [0.25, 0.3) is 0 Å². The van der Waals surface area contributed by atoms with Gasteiger partial charge in [0.2, 0.25) is 0 Å². The van der Waals surface area contributed by atoms with Gasteiger partial charge in [0.1, 0.15) is 0 Å². The fraction of sp³-hybridized carbons (Fsp3) is 0. The summed E-state index contributed by atoms with van der Waals surface area (Å²) in [5, 5.41) is 0. The van der Waals surface area contributed by atoms with Crippen LogP contribution in [0.2, 0.25) is 0 Å². The first kappa shape index (κ1) is 6.91. The molecular weight excluding hydrogens is 248 g/mol. The molecule has 1 heterocycles. The molecular formula is C6H2Br2O. The van der Waals surface area contributed by atoms with Gasteiger partial charge >= 0.3 is 0 Å². The fourth-order valence-corrected chi connectivity index (χ4v) is 0.906. The summed E-state index contributed by atoms with van der Waals surface area (Å²) in [7, 11) is 0. The lowest BCUT2D eigenvalue weighted by molar-refractivity contribution is 0.553. The topological polar surface area (TPSA) is 13.1 Å². The molecule has 1 nitrogen and oxygen atoms in total. The molecule has 0 amide bonds. The summed E-state index contributed by atoms with van der Waals surface area (Å²) in [5.74, 6) is 3.35. The van der Waals surface area contributed by atoms with Crippen LogP contribution in [0.1, 0.15) is 5.76 Å². The highest BCUT2D eigenvalue weighted by Gasteiger charge is 1.95. The molecule has 0 radical (unpaired) electrons. The largest absolute Gasteiger partial charge is 0.455 e. The Morgan fingerprint density at radius 3 is 2.78 bits per heavy atom. The van der Waals surface area contributed by atoms with E-state index in [4.69, 9.17) is 4.42 Å². The van der Waals surface area contributed by atoms with E-state index in [1.807, 2.05) is 0 Å². The molecule has 0 atom stereocenters. The molecule has 0 fully saturated rings. The second kappa shape index (κ2) is 3.09. The van der Waals surface area contributed by atoms with Gasteiger partial charge in [-0.1, -0.05) is 0 Å². The van der Waals surface area contributed by atoms with Crippen LogP contribution in [-0.4, -0.2) is 0 Å². The lowest BCUT2D eigenvalue weighted by Crippen LogP contribution is -1.62. The van der Waals surface area contributed by atoms with Gasteiger partial charge in [0.25, 0.3) is 0 Å². The van der Waals surface area contributed by atoms with Crippen molar-refractivity contribution in [3.8, 4) is 10.8 Å². The van der Waals surface area contributed by atoms with Gasteiger partial charge < -0.3 is 4.42 Å². The quantitative estimate of drug-likeness (QED) is 0.645. The van der Waals surface area contributed by atoms with Crippen LogP contribution in [-0.2, 0) is 0 Å². The van der Waals surface area contributed by atoms with Gasteiger partial charge in [0.05, 0.1) is 10.7 Å². The highest BCUT2D eigenvalue weighted by atomic mass is 79.9. The molecule has 1 aromatic rings. The molecule has 0 spiro atoms. The Morgan fingerprint density at radius 1 is 1.56 bits per heavy atom. The molecule has 1 aromatic heterocycles. The smallest absolute Gasteiger partial charge is 0.191 e. The second-order valence-electron chi connectivity index (χ2n) is 1.32. The molecule has 0 aliphatic carbocycles. The monoisotopic (exact) mass is 248 g/mol. The third-order valence-electron chi connectivity index (χ3n) is 0.778. The van der Waals surface area contributed by atoms with E-state index in [9.17, 15) is 0 Å². The predicted octanol–water partition coefficient (Wildman–Crippen LogP) is 2.75. The molecule has 0 saturated carbocycles. The molecule has 0 bridgehead atoms. The predicted molar refractivity (Wildman–Crippen MR) is 42.2 cm³/mol. The highest BCUT2D eigenvalue weighted by molar-refractivity contribution is 9.12. The Labute approximate surface area is 69.7 Å². The van der Waals surface area contributed by atoms with Crippen molar-refractivity contribution in [3.05, 3.63) is 22.6 Å². The molecule has 46 valence electrons. The first-order chi connectivity index (χ1) is 4.34. The number of halogens is 2. The minimum atomic E-state index is 0.645. The van der Waals surface area contributed by atoms with Crippen LogP contribution in [0, 0.1) is 10.8 Å². The Hall–Kier alpha value is -0.200. The summed E-state index contributed by atoms with van der Waals surface area (Å²) in [6.45, 7) is 0. The van der Waals surface area contributed by atoms with Crippen molar-refractivity contribution in [1.29, 1.82) is 0 Å². The summed E-state index contributed by atoms with van der Waals surface area (Å²) in [4.78, 5) is 2.55. The number of hydrogen-bond donors (Lipinski definition) is 0. The standard InChI is InChI=1S/C6H2Br2O/c7-3-1-6-5(8)2-4-9-6/h2,4H. The normalized spacial score (nSPS) is 8.22. The summed E-state index contributed by atoms with van der Waals surface area (Å²) < 4.78 is 5.84. The zero-order chi connectivity index (χ0) is 6.69. The van der Waals surface area contributed by atoms with Crippen molar-refractivity contribution in [2.75, 3.05) is 0 Å². The maximum absolute atomic E-state index is 4.95. The highest BCUT2D eigenvalue weighted by Crippen LogP contribution is 2.15. The second-order valence-corrected chi connectivity index (χ2v) is 2.57. The Kier molecular flexibility index (Phi) is 2.38. The summed E-state index contributed by atoms with van der Waals surface area (Å²) in [6.07, 6.45) is 1.58. The van der Waals surface area contributed by atoms with Crippen molar-refractivity contribution in [1.82, 2.24) is 0 Å². The van der Waals surface area contributed by atoms with Crippen molar-refractivity contribution in [2.24, 2.45) is 0 Å². The molecule has 1 rings (SSSR count). The first-order valence-electron chi connectivity index (χ1n) is 2.19. The van der Waals surface area contributed by atoms with E-state index >= 15 is 0 Å². The summed E-state index contributed by atoms with van der Waals surface area (Å²) >= 11 is 6.21. The lowest BCUT2D eigenvalue weighted by Gasteiger charge is -1.77. The van der Waals surface area contributed by atoms with Crippen LogP contribution >= 0.6 is 31.9 Å². The lowest BCUT2D eigenvalue weighted by atomic mass is 10.5. The molecule has 0 aliphatic heterocycles. The van der Waals surface area contributed by atoms with Crippen molar-refractivity contribution >= 4 is 31.9 Å². The van der Waals surface area contributed by atoms with Gasteiger partial charge in [-0.25, -0.2) is 0 Å². The fourth-order valence-electron chi connectivity index (χ4n) is 0.426.